The van der Waals surface area contributed by atoms with Crippen LogP contribution >= 0.6 is 11.6 Å². The molecule has 7 heteroatoms. The second-order valence-corrected chi connectivity index (χ2v) is 5.72. The number of aryl methyl sites for hydroxylation is 2. The Hall–Kier alpha value is -2.60. The van der Waals surface area contributed by atoms with Gasteiger partial charge < -0.3 is 5.32 Å². The topological polar surface area (TPSA) is 64.7 Å². The monoisotopic (exact) mass is 329 g/mol. The third kappa shape index (κ3) is 3.60. The molecule has 0 unspecified atom stereocenters. The second-order valence-electron chi connectivity index (χ2n) is 5.28. The summed E-state index contributed by atoms with van der Waals surface area (Å²) >= 11 is 5.87. The first kappa shape index (κ1) is 15.3. The summed E-state index contributed by atoms with van der Waals surface area (Å²) in [4.78, 5) is 12.2. The van der Waals surface area contributed by atoms with Crippen LogP contribution in [0, 0.1) is 6.92 Å². The molecule has 2 aromatic heterocycles. The molecule has 1 amide bonds. The van der Waals surface area contributed by atoms with Crippen LogP contribution in [0.2, 0.25) is 5.02 Å². The molecule has 1 N–H and O–H groups in total. The van der Waals surface area contributed by atoms with Gasteiger partial charge in [-0.25, -0.2) is 0 Å². The fourth-order valence-corrected chi connectivity index (χ4v) is 2.43. The number of aromatic nitrogens is 4. The van der Waals surface area contributed by atoms with E-state index in [0.29, 0.717) is 28.6 Å². The molecule has 0 aliphatic carbocycles. The summed E-state index contributed by atoms with van der Waals surface area (Å²) in [5, 5.41) is 12.0. The van der Waals surface area contributed by atoms with Gasteiger partial charge in [0.2, 0.25) is 0 Å². The summed E-state index contributed by atoms with van der Waals surface area (Å²) in [6, 6.07) is 9.34. The Morgan fingerprint density at radius 3 is 2.61 bits per heavy atom. The van der Waals surface area contributed by atoms with Crippen LogP contribution in [0.1, 0.15) is 21.6 Å². The number of anilines is 1. The molecule has 0 spiro atoms. The highest BCUT2D eigenvalue weighted by atomic mass is 35.5. The molecule has 23 heavy (non-hydrogen) atoms. The van der Waals surface area contributed by atoms with Crippen LogP contribution in [0.5, 0.6) is 0 Å². The quantitative estimate of drug-likeness (QED) is 0.800. The Morgan fingerprint density at radius 1 is 1.22 bits per heavy atom. The first-order valence-corrected chi connectivity index (χ1v) is 7.48. The van der Waals surface area contributed by atoms with Gasteiger partial charge in [0.1, 0.15) is 0 Å². The van der Waals surface area contributed by atoms with E-state index in [-0.39, 0.29) is 5.91 Å². The third-order valence-corrected chi connectivity index (χ3v) is 3.65. The molecule has 0 aliphatic heterocycles. The lowest BCUT2D eigenvalue weighted by Gasteiger charge is -2.03. The first-order chi connectivity index (χ1) is 11.0. The molecule has 0 atom stereocenters. The Kier molecular flexibility index (Phi) is 4.16. The van der Waals surface area contributed by atoms with Crippen molar-refractivity contribution in [3.8, 4) is 0 Å². The van der Waals surface area contributed by atoms with Crippen LogP contribution in [0.3, 0.4) is 0 Å². The van der Waals surface area contributed by atoms with Crippen molar-refractivity contribution in [3.63, 3.8) is 0 Å². The van der Waals surface area contributed by atoms with Crippen molar-refractivity contribution in [2.75, 3.05) is 5.32 Å². The Bertz CT molecular complexity index is 835. The van der Waals surface area contributed by atoms with Crippen molar-refractivity contribution in [2.45, 2.75) is 13.5 Å². The van der Waals surface area contributed by atoms with E-state index in [4.69, 9.17) is 11.6 Å². The van der Waals surface area contributed by atoms with Crippen molar-refractivity contribution < 1.29 is 4.79 Å². The van der Waals surface area contributed by atoms with E-state index in [1.807, 2.05) is 30.5 Å². The number of carbonyl (C=O) groups excluding carboxylic acids is 1. The lowest BCUT2D eigenvalue weighted by atomic mass is 10.2. The lowest BCUT2D eigenvalue weighted by molar-refractivity contribution is 0.102. The average molecular weight is 330 g/mol. The fraction of sp³-hybridized carbons (Fsp3) is 0.188. The van der Waals surface area contributed by atoms with Crippen LogP contribution in [0.15, 0.2) is 42.7 Å². The Balaban J connectivity index is 1.68. The number of hydrogen-bond acceptors (Lipinski definition) is 3. The number of rotatable bonds is 4. The summed E-state index contributed by atoms with van der Waals surface area (Å²) in [5.41, 5.74) is 2.31. The highest BCUT2D eigenvalue weighted by Crippen LogP contribution is 2.12. The van der Waals surface area contributed by atoms with Gasteiger partial charge in [-0.15, -0.1) is 0 Å². The van der Waals surface area contributed by atoms with E-state index >= 15 is 0 Å². The summed E-state index contributed by atoms with van der Waals surface area (Å²) in [6.45, 7) is 2.41. The molecule has 2 heterocycles. The maximum absolute atomic E-state index is 12.2. The predicted octanol–water partition coefficient (Wildman–Crippen LogP) is 2.88. The molecule has 3 aromatic rings. The Morgan fingerprint density at radius 2 is 1.96 bits per heavy atom. The fourth-order valence-electron chi connectivity index (χ4n) is 2.30. The second kappa shape index (κ2) is 6.26. The number of carbonyl (C=O) groups is 1. The van der Waals surface area contributed by atoms with Gasteiger partial charge in [0, 0.05) is 30.5 Å². The molecule has 0 fully saturated rings. The predicted molar refractivity (Wildman–Crippen MR) is 88.7 cm³/mol. The number of hydrogen-bond donors (Lipinski definition) is 1. The van der Waals surface area contributed by atoms with Gasteiger partial charge >= 0.3 is 0 Å². The zero-order valence-electron chi connectivity index (χ0n) is 12.8. The summed E-state index contributed by atoms with van der Waals surface area (Å²) in [7, 11) is 1.78. The zero-order chi connectivity index (χ0) is 16.4. The number of amides is 1. The van der Waals surface area contributed by atoms with Gasteiger partial charge in [-0.2, -0.15) is 10.2 Å². The average Bonchev–Trinajstić information content (AvgIpc) is 3.07. The molecule has 118 valence electrons. The molecule has 0 aliphatic rings. The number of nitrogens with zero attached hydrogens (tertiary/aromatic N) is 4. The van der Waals surface area contributed by atoms with Gasteiger partial charge in [-0.1, -0.05) is 23.7 Å². The first-order valence-electron chi connectivity index (χ1n) is 7.11. The zero-order valence-corrected chi connectivity index (χ0v) is 13.6. The molecule has 6 nitrogen and oxygen atoms in total. The van der Waals surface area contributed by atoms with E-state index in [0.717, 1.165) is 5.56 Å². The van der Waals surface area contributed by atoms with E-state index in [1.165, 1.54) is 0 Å². The molecule has 0 saturated carbocycles. The van der Waals surface area contributed by atoms with Gasteiger partial charge in [0.15, 0.2) is 5.82 Å². The number of benzene rings is 1. The van der Waals surface area contributed by atoms with Crippen LogP contribution < -0.4 is 5.32 Å². The van der Waals surface area contributed by atoms with Crippen LogP contribution in [0.4, 0.5) is 5.82 Å². The molecule has 3 rings (SSSR count). The molecular formula is C16H16ClN5O. The molecule has 0 bridgehead atoms. The van der Waals surface area contributed by atoms with Gasteiger partial charge in [0.25, 0.3) is 5.91 Å². The summed E-state index contributed by atoms with van der Waals surface area (Å²) < 4.78 is 3.37. The van der Waals surface area contributed by atoms with Crippen molar-refractivity contribution >= 4 is 23.3 Å². The third-order valence-electron chi connectivity index (χ3n) is 3.40. The highest BCUT2D eigenvalue weighted by molar-refractivity contribution is 6.30. The summed E-state index contributed by atoms with van der Waals surface area (Å²) in [6.07, 6.45) is 3.51. The van der Waals surface area contributed by atoms with Crippen molar-refractivity contribution in [1.82, 2.24) is 19.6 Å². The van der Waals surface area contributed by atoms with E-state index < -0.39 is 0 Å². The minimum atomic E-state index is -0.215. The standard InChI is InChI=1S/C16H16ClN5O/c1-11-14(10-21(2)19-11)16(23)18-15-7-8-22(20-15)9-12-3-5-13(17)6-4-12/h3-8,10H,9H2,1-2H3,(H,18,20,23). The van der Waals surface area contributed by atoms with Gasteiger partial charge in [0.05, 0.1) is 17.8 Å². The maximum atomic E-state index is 12.2. The minimum absolute atomic E-state index is 0.215. The van der Waals surface area contributed by atoms with Crippen LogP contribution in [0.25, 0.3) is 0 Å². The largest absolute Gasteiger partial charge is 0.305 e. The van der Waals surface area contributed by atoms with Gasteiger partial charge in [-0.05, 0) is 24.6 Å². The van der Waals surface area contributed by atoms with E-state index in [2.05, 4.69) is 15.5 Å². The smallest absolute Gasteiger partial charge is 0.260 e. The van der Waals surface area contributed by atoms with Gasteiger partial charge in [-0.3, -0.25) is 14.2 Å². The normalized spacial score (nSPS) is 10.7. The number of nitrogens with one attached hydrogen (secondary N) is 1. The van der Waals surface area contributed by atoms with Crippen LogP contribution in [-0.2, 0) is 13.6 Å². The maximum Gasteiger partial charge on any atom is 0.260 e. The number of halogens is 1. The minimum Gasteiger partial charge on any atom is -0.305 e. The van der Waals surface area contributed by atoms with Crippen molar-refractivity contribution in [2.24, 2.45) is 7.05 Å². The van der Waals surface area contributed by atoms with E-state index in [1.54, 1.807) is 35.6 Å². The van der Waals surface area contributed by atoms with Crippen molar-refractivity contribution in [3.05, 3.63) is 64.6 Å². The van der Waals surface area contributed by atoms with E-state index in [9.17, 15) is 4.79 Å². The molecule has 0 saturated heterocycles. The summed E-state index contributed by atoms with van der Waals surface area (Å²) in [5.74, 6) is 0.291. The molecule has 1 aromatic carbocycles. The lowest BCUT2D eigenvalue weighted by Crippen LogP contribution is -2.13. The highest BCUT2D eigenvalue weighted by Gasteiger charge is 2.13. The SMILES string of the molecule is Cc1nn(C)cc1C(=O)Nc1ccn(Cc2ccc(Cl)cc2)n1. The Labute approximate surface area is 138 Å². The van der Waals surface area contributed by atoms with Crippen molar-refractivity contribution in [1.29, 1.82) is 0 Å². The molecular weight excluding hydrogens is 314 g/mol. The van der Waals surface area contributed by atoms with Crippen LogP contribution in [-0.4, -0.2) is 25.5 Å². The molecule has 0 radical (unpaired) electrons.